The minimum Gasteiger partial charge on any atom is -0.394 e. The van der Waals surface area contributed by atoms with E-state index < -0.39 is 25.0 Å². The van der Waals surface area contributed by atoms with Gasteiger partial charge < -0.3 is 20.3 Å². The number of aliphatic hydroxyl groups excluding tert-OH is 2. The summed E-state index contributed by atoms with van der Waals surface area (Å²) >= 11 is 0. The highest BCUT2D eigenvalue weighted by Crippen LogP contribution is 2.36. The Morgan fingerprint density at radius 2 is 2.29 bits per heavy atom. The lowest BCUT2D eigenvalue weighted by Gasteiger charge is -2.14. The third-order valence-corrected chi connectivity index (χ3v) is 3.44. The summed E-state index contributed by atoms with van der Waals surface area (Å²) in [6, 6.07) is 0. The van der Waals surface area contributed by atoms with Crippen LogP contribution >= 0.6 is 0 Å². The second kappa shape index (κ2) is 5.35. The van der Waals surface area contributed by atoms with Crippen LogP contribution in [0.5, 0.6) is 0 Å². The summed E-state index contributed by atoms with van der Waals surface area (Å²) in [7, 11) is 1.70. The Kier molecular flexibility index (Phi) is 3.53. The van der Waals surface area contributed by atoms with E-state index >= 15 is 0 Å². The van der Waals surface area contributed by atoms with Gasteiger partial charge in [0.05, 0.1) is 19.3 Å². The number of anilines is 1. The predicted molar refractivity (Wildman–Crippen MR) is 71.1 cm³/mol. The Balaban J connectivity index is 2.09. The third-order valence-electron chi connectivity index (χ3n) is 3.44. The summed E-state index contributed by atoms with van der Waals surface area (Å²) in [6.45, 7) is -0.418. The van der Waals surface area contributed by atoms with Crippen LogP contribution in [-0.4, -0.2) is 55.6 Å². The highest BCUT2D eigenvalue weighted by atomic mass is 19.1. The molecule has 3 atom stereocenters. The van der Waals surface area contributed by atoms with Crippen LogP contribution < -0.4 is 5.32 Å². The Hall–Kier alpha value is -2.10. The van der Waals surface area contributed by atoms with Gasteiger partial charge in [-0.2, -0.15) is 0 Å². The first-order valence-corrected chi connectivity index (χ1v) is 6.31. The number of aromatic nitrogens is 4. The molecule has 0 aliphatic carbocycles. The van der Waals surface area contributed by atoms with Gasteiger partial charge in [0.25, 0.3) is 0 Å². The molecule has 9 heteroatoms. The zero-order valence-electron chi connectivity index (χ0n) is 11.1. The van der Waals surface area contributed by atoms with Crippen LogP contribution in [0.3, 0.4) is 0 Å². The summed E-state index contributed by atoms with van der Waals surface area (Å²) in [5, 5.41) is 22.0. The molecule has 3 N–H and O–H groups in total. The van der Waals surface area contributed by atoms with Crippen molar-refractivity contribution in [3.63, 3.8) is 0 Å². The van der Waals surface area contributed by atoms with Crippen LogP contribution in [0.15, 0.2) is 24.6 Å². The van der Waals surface area contributed by atoms with Crippen LogP contribution in [0.25, 0.3) is 11.2 Å². The van der Waals surface area contributed by atoms with E-state index in [1.54, 1.807) is 7.05 Å². The van der Waals surface area contributed by atoms with E-state index in [4.69, 9.17) is 9.84 Å². The maximum Gasteiger partial charge on any atom is 0.167 e. The lowest BCUT2D eigenvalue weighted by atomic mass is 10.1. The number of hydrogen-bond donors (Lipinski definition) is 3. The van der Waals surface area contributed by atoms with Gasteiger partial charge in [0, 0.05) is 12.6 Å². The standard InChI is InChI=1S/C12H14FN5O3/c1-14-10-8-11(16-4-15-10)18(5-17-8)12-6(2-13)9(20)7(3-19)21-12/h2,4-5,7,9,12,19-20H,3H2,1H3,(H,14,15,16)/b6-2+/t7-,9?,12-/m1/s1. The van der Waals surface area contributed by atoms with Gasteiger partial charge in [0.15, 0.2) is 17.7 Å². The van der Waals surface area contributed by atoms with Crippen molar-refractivity contribution in [2.75, 3.05) is 19.0 Å². The Bertz CT molecular complexity index is 689. The van der Waals surface area contributed by atoms with E-state index in [0.29, 0.717) is 17.0 Å². The maximum atomic E-state index is 13.1. The molecule has 0 saturated carbocycles. The van der Waals surface area contributed by atoms with E-state index in [2.05, 4.69) is 20.3 Å². The molecule has 3 heterocycles. The molecular formula is C12H14FN5O3. The zero-order chi connectivity index (χ0) is 15.0. The minimum atomic E-state index is -1.21. The smallest absolute Gasteiger partial charge is 0.167 e. The van der Waals surface area contributed by atoms with Crippen LogP contribution in [0.4, 0.5) is 10.2 Å². The van der Waals surface area contributed by atoms with E-state index in [1.807, 2.05) is 0 Å². The quantitative estimate of drug-likeness (QED) is 0.730. The molecule has 0 aromatic carbocycles. The van der Waals surface area contributed by atoms with Crippen molar-refractivity contribution in [3.8, 4) is 0 Å². The van der Waals surface area contributed by atoms with E-state index in [1.165, 1.54) is 17.2 Å². The number of imidazole rings is 1. The van der Waals surface area contributed by atoms with Crippen molar-refractivity contribution >= 4 is 17.0 Å². The highest BCUT2D eigenvalue weighted by molar-refractivity contribution is 5.82. The fourth-order valence-corrected chi connectivity index (χ4v) is 2.37. The number of nitrogens with one attached hydrogen (secondary N) is 1. The highest BCUT2D eigenvalue weighted by Gasteiger charge is 2.40. The van der Waals surface area contributed by atoms with Crippen LogP contribution in [-0.2, 0) is 4.74 Å². The summed E-state index contributed by atoms with van der Waals surface area (Å²) in [4.78, 5) is 12.3. The number of hydrogen-bond acceptors (Lipinski definition) is 7. The molecule has 112 valence electrons. The molecule has 1 aliphatic rings. The first-order chi connectivity index (χ1) is 10.2. The van der Waals surface area contributed by atoms with Gasteiger partial charge in [0.1, 0.15) is 24.1 Å². The summed E-state index contributed by atoms with van der Waals surface area (Å²) in [6.07, 6.45) is 0.0534. The number of nitrogens with zero attached hydrogens (tertiary/aromatic N) is 4. The fraction of sp³-hybridized carbons (Fsp3) is 0.417. The summed E-state index contributed by atoms with van der Waals surface area (Å²) in [5.41, 5.74) is 0.950. The molecule has 2 aromatic heterocycles. The molecule has 0 amide bonds. The normalized spacial score (nSPS) is 27.6. The van der Waals surface area contributed by atoms with Crippen molar-refractivity contribution < 1.29 is 19.3 Å². The number of fused-ring (bicyclic) bond motifs is 1. The molecule has 3 rings (SSSR count). The molecule has 8 nitrogen and oxygen atoms in total. The largest absolute Gasteiger partial charge is 0.394 e. The second-order valence-electron chi connectivity index (χ2n) is 4.56. The van der Waals surface area contributed by atoms with E-state index in [9.17, 15) is 9.50 Å². The summed E-state index contributed by atoms with van der Waals surface area (Å²) in [5.74, 6) is 0.529. The van der Waals surface area contributed by atoms with E-state index in [0.717, 1.165) is 0 Å². The molecule has 1 aliphatic heterocycles. The number of rotatable bonds is 3. The first-order valence-electron chi connectivity index (χ1n) is 6.31. The summed E-state index contributed by atoms with van der Waals surface area (Å²) < 4.78 is 20.1. The van der Waals surface area contributed by atoms with Gasteiger partial charge in [-0.05, 0) is 0 Å². The van der Waals surface area contributed by atoms with Gasteiger partial charge in [0.2, 0.25) is 0 Å². The Labute approximate surface area is 118 Å². The fourth-order valence-electron chi connectivity index (χ4n) is 2.37. The molecule has 2 aromatic rings. The molecule has 1 saturated heterocycles. The monoisotopic (exact) mass is 295 g/mol. The molecule has 21 heavy (non-hydrogen) atoms. The average molecular weight is 295 g/mol. The number of halogens is 1. The Morgan fingerprint density at radius 3 is 2.95 bits per heavy atom. The van der Waals surface area contributed by atoms with Gasteiger partial charge >= 0.3 is 0 Å². The Morgan fingerprint density at radius 1 is 1.48 bits per heavy atom. The van der Waals surface area contributed by atoms with Gasteiger partial charge in [-0.1, -0.05) is 0 Å². The van der Waals surface area contributed by atoms with E-state index in [-0.39, 0.29) is 11.9 Å². The van der Waals surface area contributed by atoms with Gasteiger partial charge in [-0.15, -0.1) is 0 Å². The SMILES string of the molecule is CNc1ncnc2c1ncn2[C@@H]1O[C@H](CO)C(O)/C1=C\F. The number of aliphatic hydroxyl groups is 2. The molecule has 0 spiro atoms. The van der Waals surface area contributed by atoms with Crippen molar-refractivity contribution in [2.45, 2.75) is 18.4 Å². The lowest BCUT2D eigenvalue weighted by molar-refractivity contribution is -0.0422. The van der Waals surface area contributed by atoms with Crippen molar-refractivity contribution in [1.29, 1.82) is 0 Å². The molecular weight excluding hydrogens is 281 g/mol. The lowest BCUT2D eigenvalue weighted by Crippen LogP contribution is -2.25. The van der Waals surface area contributed by atoms with Crippen LogP contribution in [0.2, 0.25) is 0 Å². The first kappa shape index (κ1) is 13.9. The van der Waals surface area contributed by atoms with Crippen LogP contribution in [0.1, 0.15) is 6.23 Å². The topological polar surface area (TPSA) is 105 Å². The predicted octanol–water partition coefficient (Wildman–Crippen LogP) is -0.0280. The minimum absolute atomic E-state index is 0.0120. The zero-order valence-corrected chi connectivity index (χ0v) is 11.1. The second-order valence-corrected chi connectivity index (χ2v) is 4.56. The molecule has 1 fully saturated rings. The van der Waals surface area contributed by atoms with Crippen LogP contribution in [0, 0.1) is 0 Å². The van der Waals surface area contributed by atoms with Gasteiger partial charge in [-0.25, -0.2) is 19.3 Å². The third kappa shape index (κ3) is 2.06. The average Bonchev–Trinajstić information content (AvgIpc) is 3.07. The number of ether oxygens (including phenoxy) is 1. The molecule has 1 unspecified atom stereocenters. The van der Waals surface area contributed by atoms with Crippen molar-refractivity contribution in [3.05, 3.63) is 24.6 Å². The maximum absolute atomic E-state index is 13.1. The molecule has 0 radical (unpaired) electrons. The van der Waals surface area contributed by atoms with Gasteiger partial charge in [-0.3, -0.25) is 4.57 Å². The van der Waals surface area contributed by atoms with Crippen molar-refractivity contribution in [1.82, 2.24) is 19.5 Å². The van der Waals surface area contributed by atoms with Crippen molar-refractivity contribution in [2.24, 2.45) is 0 Å². The molecule has 0 bridgehead atoms.